The summed E-state index contributed by atoms with van der Waals surface area (Å²) in [6.07, 6.45) is 0.674. The minimum Gasteiger partial charge on any atom is -0.373 e. The summed E-state index contributed by atoms with van der Waals surface area (Å²) in [5.41, 5.74) is 5.43. The van der Waals surface area contributed by atoms with Gasteiger partial charge in [-0.15, -0.1) is 0 Å². The lowest BCUT2D eigenvalue weighted by atomic mass is 10.4. The summed E-state index contributed by atoms with van der Waals surface area (Å²) in [5, 5.41) is 0. The Labute approximate surface area is 54.1 Å². The van der Waals surface area contributed by atoms with E-state index in [1.807, 2.05) is 0 Å². The predicted molar refractivity (Wildman–Crippen MR) is 32.0 cm³/mol. The molecule has 0 bridgehead atoms. The van der Waals surface area contributed by atoms with Gasteiger partial charge in [-0.1, -0.05) is 0 Å². The van der Waals surface area contributed by atoms with Crippen LogP contribution in [0.1, 0.15) is 0 Å². The highest BCUT2D eigenvalue weighted by molar-refractivity contribution is 5.02. The Morgan fingerprint density at radius 3 is 2.22 bits per heavy atom. The summed E-state index contributed by atoms with van der Waals surface area (Å²) in [6.45, 7) is 2.20. The molecule has 52 valence electrons. The highest BCUT2D eigenvalue weighted by Gasteiger charge is 2.53. The van der Waals surface area contributed by atoms with Crippen LogP contribution < -0.4 is 5.73 Å². The number of hydrogen-bond donors (Lipinski definition) is 1. The molecule has 9 heavy (non-hydrogen) atoms. The molecule has 1 heterocycles. The third-order valence-electron chi connectivity index (χ3n) is 2.00. The molecule has 1 saturated heterocycles. The van der Waals surface area contributed by atoms with Crippen LogP contribution in [0, 0.1) is 5.92 Å². The normalized spacial score (nSPS) is 48.3. The second-order valence-corrected chi connectivity index (χ2v) is 2.57. The second-order valence-electron chi connectivity index (χ2n) is 2.57. The average molecular weight is 129 g/mol. The molecule has 3 heteroatoms. The van der Waals surface area contributed by atoms with Crippen molar-refractivity contribution in [1.29, 1.82) is 0 Å². The Morgan fingerprint density at radius 2 is 1.78 bits per heavy atom. The van der Waals surface area contributed by atoms with Crippen LogP contribution >= 0.6 is 0 Å². The summed E-state index contributed by atoms with van der Waals surface area (Å²) in [7, 11) is 0. The number of ether oxygens (including phenoxy) is 2. The van der Waals surface area contributed by atoms with E-state index in [1.165, 1.54) is 0 Å². The summed E-state index contributed by atoms with van der Waals surface area (Å²) in [4.78, 5) is 0. The van der Waals surface area contributed by atoms with Crippen molar-refractivity contribution in [2.24, 2.45) is 11.7 Å². The van der Waals surface area contributed by atoms with Crippen LogP contribution in [0.4, 0.5) is 0 Å². The van der Waals surface area contributed by atoms with Crippen molar-refractivity contribution in [2.75, 3.05) is 19.8 Å². The maximum atomic E-state index is 5.43. The van der Waals surface area contributed by atoms with Gasteiger partial charge in [-0.05, 0) is 0 Å². The molecule has 2 atom stereocenters. The lowest BCUT2D eigenvalue weighted by molar-refractivity contribution is -0.0376. The topological polar surface area (TPSA) is 44.5 Å². The van der Waals surface area contributed by atoms with Crippen LogP contribution in [0.15, 0.2) is 0 Å². The van der Waals surface area contributed by atoms with Gasteiger partial charge < -0.3 is 15.2 Å². The summed E-state index contributed by atoms with van der Waals surface area (Å²) < 4.78 is 10.7. The Morgan fingerprint density at radius 1 is 1.22 bits per heavy atom. The van der Waals surface area contributed by atoms with Gasteiger partial charge >= 0.3 is 0 Å². The van der Waals surface area contributed by atoms with Gasteiger partial charge in [0.2, 0.25) is 0 Å². The van der Waals surface area contributed by atoms with Crippen molar-refractivity contribution in [3.63, 3.8) is 0 Å². The van der Waals surface area contributed by atoms with Gasteiger partial charge in [0.1, 0.15) is 0 Å². The maximum Gasteiger partial charge on any atom is 0.0908 e. The smallest absolute Gasteiger partial charge is 0.0908 e. The molecule has 0 amide bonds. The number of rotatable bonds is 1. The van der Waals surface area contributed by atoms with Crippen molar-refractivity contribution < 1.29 is 9.47 Å². The molecule has 2 aliphatic rings. The SMILES string of the molecule is NCC1C2OCCOC12. The molecule has 0 aromatic heterocycles. The number of hydrogen-bond acceptors (Lipinski definition) is 3. The van der Waals surface area contributed by atoms with Gasteiger partial charge in [0.05, 0.1) is 25.4 Å². The summed E-state index contributed by atoms with van der Waals surface area (Å²) >= 11 is 0. The molecule has 0 radical (unpaired) electrons. The monoisotopic (exact) mass is 129 g/mol. The van der Waals surface area contributed by atoms with E-state index >= 15 is 0 Å². The lowest BCUT2D eigenvalue weighted by Crippen LogP contribution is -2.16. The van der Waals surface area contributed by atoms with Crippen LogP contribution in [-0.2, 0) is 9.47 Å². The minimum atomic E-state index is 0.337. The van der Waals surface area contributed by atoms with E-state index in [-0.39, 0.29) is 0 Å². The first-order valence-electron chi connectivity index (χ1n) is 3.37. The first kappa shape index (κ1) is 5.65. The van der Waals surface area contributed by atoms with Crippen LogP contribution in [-0.4, -0.2) is 32.0 Å². The van der Waals surface area contributed by atoms with Crippen molar-refractivity contribution in [1.82, 2.24) is 0 Å². The zero-order valence-electron chi connectivity index (χ0n) is 5.25. The van der Waals surface area contributed by atoms with E-state index in [0.29, 0.717) is 24.7 Å². The van der Waals surface area contributed by atoms with E-state index in [4.69, 9.17) is 15.2 Å². The van der Waals surface area contributed by atoms with Gasteiger partial charge in [-0.3, -0.25) is 0 Å². The molecule has 1 saturated carbocycles. The largest absolute Gasteiger partial charge is 0.373 e. The van der Waals surface area contributed by atoms with Crippen LogP contribution in [0.2, 0.25) is 0 Å². The lowest BCUT2D eigenvalue weighted by Gasteiger charge is -2.09. The molecule has 0 spiro atoms. The molecule has 1 aliphatic heterocycles. The molecule has 0 aromatic rings. The van der Waals surface area contributed by atoms with Gasteiger partial charge in [0.25, 0.3) is 0 Å². The molecule has 3 nitrogen and oxygen atoms in total. The zero-order chi connectivity index (χ0) is 6.27. The molecule has 2 rings (SSSR count). The van der Waals surface area contributed by atoms with Crippen molar-refractivity contribution >= 4 is 0 Å². The summed E-state index contributed by atoms with van der Waals surface area (Å²) in [6, 6.07) is 0. The van der Waals surface area contributed by atoms with E-state index in [0.717, 1.165) is 13.2 Å². The average Bonchev–Trinajstić information content (AvgIpc) is 2.60. The van der Waals surface area contributed by atoms with E-state index in [1.54, 1.807) is 0 Å². The van der Waals surface area contributed by atoms with Crippen molar-refractivity contribution in [3.8, 4) is 0 Å². The van der Waals surface area contributed by atoms with Crippen LogP contribution in [0.3, 0.4) is 0 Å². The number of nitrogens with two attached hydrogens (primary N) is 1. The standard InChI is InChI=1S/C6H11NO2/c7-3-4-5-6(4)9-2-1-8-5/h4-6H,1-3,7H2. The van der Waals surface area contributed by atoms with Crippen molar-refractivity contribution in [2.45, 2.75) is 12.2 Å². The highest BCUT2D eigenvalue weighted by atomic mass is 16.6. The minimum absolute atomic E-state index is 0.337. The molecular formula is C6H11NO2. The van der Waals surface area contributed by atoms with Crippen molar-refractivity contribution in [3.05, 3.63) is 0 Å². The molecular weight excluding hydrogens is 118 g/mol. The fraction of sp³-hybridized carbons (Fsp3) is 1.00. The fourth-order valence-corrected chi connectivity index (χ4v) is 1.39. The Hall–Kier alpha value is -0.120. The molecule has 2 fully saturated rings. The molecule has 1 aliphatic carbocycles. The quantitative estimate of drug-likeness (QED) is 0.512. The molecule has 2 unspecified atom stereocenters. The third kappa shape index (κ3) is 0.764. The number of fused-ring (bicyclic) bond motifs is 1. The Kier molecular flexibility index (Phi) is 1.22. The third-order valence-corrected chi connectivity index (χ3v) is 2.00. The second kappa shape index (κ2) is 1.94. The fourth-order valence-electron chi connectivity index (χ4n) is 1.39. The van der Waals surface area contributed by atoms with Gasteiger partial charge in [-0.25, -0.2) is 0 Å². The van der Waals surface area contributed by atoms with E-state index in [9.17, 15) is 0 Å². The van der Waals surface area contributed by atoms with E-state index in [2.05, 4.69) is 0 Å². The van der Waals surface area contributed by atoms with E-state index < -0.39 is 0 Å². The molecule has 2 N–H and O–H groups in total. The zero-order valence-corrected chi connectivity index (χ0v) is 5.25. The molecule has 0 aromatic carbocycles. The van der Waals surface area contributed by atoms with Gasteiger partial charge in [-0.2, -0.15) is 0 Å². The van der Waals surface area contributed by atoms with Crippen LogP contribution in [0.5, 0.6) is 0 Å². The Balaban J connectivity index is 1.91. The maximum absolute atomic E-state index is 5.43. The van der Waals surface area contributed by atoms with Crippen LogP contribution in [0.25, 0.3) is 0 Å². The first-order chi connectivity index (χ1) is 4.43. The van der Waals surface area contributed by atoms with Gasteiger partial charge in [0, 0.05) is 12.5 Å². The highest BCUT2D eigenvalue weighted by Crippen LogP contribution is 2.38. The Bertz CT molecular complexity index is 98.9. The van der Waals surface area contributed by atoms with Gasteiger partial charge in [0.15, 0.2) is 0 Å². The first-order valence-corrected chi connectivity index (χ1v) is 3.37. The predicted octanol–water partition coefficient (Wildman–Crippen LogP) is -0.641. The summed E-state index contributed by atoms with van der Waals surface area (Å²) in [5.74, 6) is 0.493.